The number of aromatic hydroxyl groups is 1. The summed E-state index contributed by atoms with van der Waals surface area (Å²) in [6.45, 7) is 8.59. The van der Waals surface area contributed by atoms with Gasteiger partial charge in [0.2, 0.25) is 41.4 Å². The molecule has 18 heteroatoms. The summed E-state index contributed by atoms with van der Waals surface area (Å²) in [4.78, 5) is 105. The highest BCUT2D eigenvalue weighted by atomic mass is 16.3. The second kappa shape index (κ2) is 23.1. The number of phenolic OH excluding ortho intramolecular Hbond substituents is 1. The third-order valence-corrected chi connectivity index (χ3v) is 9.62. The van der Waals surface area contributed by atoms with Gasteiger partial charge in [0.1, 0.15) is 48.3 Å². The van der Waals surface area contributed by atoms with Gasteiger partial charge in [-0.1, -0.05) is 59.6 Å². The number of carbonyl (C=O) groups is 8. The van der Waals surface area contributed by atoms with E-state index in [1.54, 1.807) is 19.1 Å². The maximum Gasteiger partial charge on any atom is 0.245 e. The van der Waals surface area contributed by atoms with Crippen LogP contribution < -0.4 is 38.1 Å². The summed E-state index contributed by atoms with van der Waals surface area (Å²) in [5.41, 5.74) is 11.4. The number of hydrogen-bond acceptors (Lipinski definition) is 11. The molecule has 0 aromatic heterocycles. The Kier molecular flexibility index (Phi) is 19.4. The van der Waals surface area contributed by atoms with Gasteiger partial charge in [-0.15, -0.1) is 0 Å². The van der Waals surface area contributed by atoms with Crippen molar-refractivity contribution in [1.82, 2.24) is 31.5 Å². The van der Waals surface area contributed by atoms with Crippen molar-refractivity contribution in [2.75, 3.05) is 13.2 Å². The summed E-state index contributed by atoms with van der Waals surface area (Å²) < 4.78 is 0. The molecule has 11 N–H and O–H groups in total. The van der Waals surface area contributed by atoms with E-state index in [-0.39, 0.29) is 49.8 Å². The summed E-state index contributed by atoms with van der Waals surface area (Å²) in [5.74, 6) is -5.24. The smallest absolute Gasteiger partial charge is 0.245 e. The van der Waals surface area contributed by atoms with Crippen LogP contribution >= 0.6 is 0 Å². The van der Waals surface area contributed by atoms with Gasteiger partial charge >= 0.3 is 0 Å². The number of nitrogens with one attached hydrogen (secondary N) is 5. The average molecular weight is 789 g/mol. The fourth-order valence-corrected chi connectivity index (χ4v) is 6.31. The standard InChI is InChI=1S/C38H60N8O10/c1-6-9-27(38(56)46-15-8-10-30(46)36(54)45-32(22(5)7-2)37(55)41-24(19-47)18-31(40)50)42-34(52)28(16-21(3)4)44-35(53)29(43-33(51)26(39)20-48)17-23-11-13-25(49)14-12-23/h11-14,19,21-22,24,26-30,32,48-49H,6-10,15-18,20,39H2,1-5H3,(H2,40,50)(H,41,55)(H,42,52)(H,43,51)(H,44,53)(H,45,54)/t22-,24+,26+,27-,28-,29-,30-,32-/m0/s1. The van der Waals surface area contributed by atoms with E-state index in [0.29, 0.717) is 31.1 Å². The monoisotopic (exact) mass is 788 g/mol. The van der Waals surface area contributed by atoms with Gasteiger partial charge < -0.3 is 58.0 Å². The molecule has 312 valence electrons. The normalized spacial score (nSPS) is 17.6. The largest absolute Gasteiger partial charge is 0.508 e. The lowest BCUT2D eigenvalue weighted by atomic mass is 9.97. The zero-order chi connectivity index (χ0) is 42.1. The van der Waals surface area contributed by atoms with Gasteiger partial charge in [0, 0.05) is 13.0 Å². The highest BCUT2D eigenvalue weighted by molar-refractivity contribution is 5.97. The molecule has 1 aromatic rings. The fraction of sp³-hybridized carbons (Fsp3) is 0.632. The van der Waals surface area contributed by atoms with Crippen molar-refractivity contribution in [3.05, 3.63) is 29.8 Å². The Bertz CT molecular complexity index is 1520. The lowest BCUT2D eigenvalue weighted by Gasteiger charge is -2.32. The molecule has 1 heterocycles. The minimum atomic E-state index is -1.31. The molecule has 2 rings (SSSR count). The van der Waals surface area contributed by atoms with Gasteiger partial charge in [-0.25, -0.2) is 0 Å². The maximum absolute atomic E-state index is 14.1. The molecule has 0 spiro atoms. The summed E-state index contributed by atoms with van der Waals surface area (Å²) in [6, 6.07) is -2.02. The van der Waals surface area contributed by atoms with E-state index >= 15 is 0 Å². The van der Waals surface area contributed by atoms with Crippen LogP contribution in [0.1, 0.15) is 85.1 Å². The van der Waals surface area contributed by atoms with E-state index in [1.807, 2.05) is 27.7 Å². The number of phenols is 1. The van der Waals surface area contributed by atoms with Crippen LogP contribution in [0.2, 0.25) is 0 Å². The van der Waals surface area contributed by atoms with E-state index in [1.165, 1.54) is 17.0 Å². The Balaban J connectivity index is 2.28. The van der Waals surface area contributed by atoms with Crippen LogP contribution in [0.15, 0.2) is 24.3 Å². The fourth-order valence-electron chi connectivity index (χ4n) is 6.31. The van der Waals surface area contributed by atoms with Crippen molar-refractivity contribution < 1.29 is 48.6 Å². The number of nitrogens with zero attached hydrogens (tertiary/aromatic N) is 1. The molecule has 1 fully saturated rings. The van der Waals surface area contributed by atoms with E-state index in [4.69, 9.17) is 11.5 Å². The molecule has 1 aliphatic rings. The molecule has 0 aliphatic carbocycles. The molecule has 1 saturated heterocycles. The van der Waals surface area contributed by atoms with E-state index in [0.717, 1.165) is 0 Å². The van der Waals surface area contributed by atoms with Crippen LogP contribution in [0.3, 0.4) is 0 Å². The van der Waals surface area contributed by atoms with Crippen molar-refractivity contribution >= 4 is 47.6 Å². The lowest BCUT2D eigenvalue weighted by Crippen LogP contribution is -2.60. The molecule has 1 aliphatic heterocycles. The van der Waals surface area contributed by atoms with Gasteiger partial charge in [-0.05, 0) is 55.2 Å². The van der Waals surface area contributed by atoms with Crippen LogP contribution in [0.5, 0.6) is 5.75 Å². The number of aldehydes is 1. The first kappa shape index (κ1) is 47.1. The predicted molar refractivity (Wildman–Crippen MR) is 205 cm³/mol. The molecular formula is C38H60N8O10. The number of likely N-dealkylation sites (tertiary alicyclic amines) is 1. The molecule has 7 amide bonds. The molecule has 0 unspecified atom stereocenters. The number of hydrogen-bond donors (Lipinski definition) is 9. The third-order valence-electron chi connectivity index (χ3n) is 9.62. The van der Waals surface area contributed by atoms with Crippen LogP contribution in [0.4, 0.5) is 0 Å². The first-order chi connectivity index (χ1) is 26.4. The molecule has 0 radical (unpaired) electrons. The maximum atomic E-state index is 14.1. The number of aliphatic hydroxyl groups is 1. The minimum absolute atomic E-state index is 0.00278. The highest BCUT2D eigenvalue weighted by Gasteiger charge is 2.40. The van der Waals surface area contributed by atoms with Crippen LogP contribution in [-0.2, 0) is 44.8 Å². The Morgan fingerprint density at radius 1 is 0.875 bits per heavy atom. The minimum Gasteiger partial charge on any atom is -0.508 e. The number of aliphatic hydroxyl groups excluding tert-OH is 1. The zero-order valence-electron chi connectivity index (χ0n) is 32.9. The first-order valence-electron chi connectivity index (χ1n) is 19.2. The first-order valence-corrected chi connectivity index (χ1v) is 19.2. The summed E-state index contributed by atoms with van der Waals surface area (Å²) in [5, 5.41) is 32.3. The van der Waals surface area contributed by atoms with Crippen molar-refractivity contribution in [3.63, 3.8) is 0 Å². The summed E-state index contributed by atoms with van der Waals surface area (Å²) in [6.07, 6.45) is 2.04. The number of rotatable bonds is 23. The third kappa shape index (κ3) is 14.5. The number of benzene rings is 1. The number of nitrogens with two attached hydrogens (primary N) is 2. The number of amides is 7. The molecular weight excluding hydrogens is 728 g/mol. The van der Waals surface area contributed by atoms with Crippen molar-refractivity contribution in [3.8, 4) is 5.75 Å². The molecule has 56 heavy (non-hydrogen) atoms. The topological polar surface area (TPSA) is 292 Å². The van der Waals surface area contributed by atoms with Crippen LogP contribution in [0, 0.1) is 11.8 Å². The van der Waals surface area contributed by atoms with E-state index in [2.05, 4.69) is 26.6 Å². The van der Waals surface area contributed by atoms with Gasteiger partial charge in [-0.2, -0.15) is 0 Å². The van der Waals surface area contributed by atoms with Gasteiger partial charge in [-0.3, -0.25) is 33.6 Å². The van der Waals surface area contributed by atoms with Gasteiger partial charge in [0.05, 0.1) is 19.1 Å². The Morgan fingerprint density at radius 2 is 1.48 bits per heavy atom. The molecule has 8 atom stereocenters. The summed E-state index contributed by atoms with van der Waals surface area (Å²) >= 11 is 0. The molecule has 0 bridgehead atoms. The van der Waals surface area contributed by atoms with Crippen LogP contribution in [-0.4, -0.2) is 118 Å². The quantitative estimate of drug-likeness (QED) is 0.0584. The van der Waals surface area contributed by atoms with E-state index in [9.17, 15) is 48.6 Å². The number of carbonyl (C=O) groups excluding carboxylic acids is 8. The number of primary amides is 1. The second-order valence-electron chi connectivity index (χ2n) is 14.7. The van der Waals surface area contributed by atoms with Gasteiger partial charge in [0.25, 0.3) is 0 Å². The average Bonchev–Trinajstić information content (AvgIpc) is 3.65. The predicted octanol–water partition coefficient (Wildman–Crippen LogP) is -1.36. The van der Waals surface area contributed by atoms with Gasteiger partial charge in [0.15, 0.2) is 0 Å². The second-order valence-corrected chi connectivity index (χ2v) is 14.7. The molecule has 0 saturated carbocycles. The van der Waals surface area contributed by atoms with Crippen molar-refractivity contribution in [2.24, 2.45) is 23.3 Å². The molecule has 18 nitrogen and oxygen atoms in total. The van der Waals surface area contributed by atoms with E-state index < -0.39 is 96.7 Å². The lowest BCUT2D eigenvalue weighted by molar-refractivity contribution is -0.143. The Morgan fingerprint density at radius 3 is 2.04 bits per heavy atom. The van der Waals surface area contributed by atoms with Crippen molar-refractivity contribution in [2.45, 2.75) is 128 Å². The Hall–Kier alpha value is -5.10. The molecule has 1 aromatic carbocycles. The van der Waals surface area contributed by atoms with Crippen LogP contribution in [0.25, 0.3) is 0 Å². The zero-order valence-corrected chi connectivity index (χ0v) is 32.9. The summed E-state index contributed by atoms with van der Waals surface area (Å²) in [7, 11) is 0. The Labute approximate surface area is 327 Å². The SMILES string of the molecule is CCC[C@H](NC(=O)[C@H](CC(C)C)NC(=O)[C@H](Cc1ccc(O)cc1)NC(=O)[C@H](N)CO)C(=O)N1CCC[C@H]1C(=O)N[C@H](C(=O)N[C@@H](C=O)CC(N)=O)[C@@H](C)CC. The highest BCUT2D eigenvalue weighted by Crippen LogP contribution is 2.21. The van der Waals surface area contributed by atoms with Crippen molar-refractivity contribution in [1.29, 1.82) is 0 Å².